The van der Waals surface area contributed by atoms with Gasteiger partial charge in [0.25, 0.3) is 0 Å². The van der Waals surface area contributed by atoms with Gasteiger partial charge < -0.3 is 20.5 Å². The molecule has 134 valence electrons. The topological polar surface area (TPSA) is 70.6 Å². The molecule has 1 saturated heterocycles. The van der Waals surface area contributed by atoms with Gasteiger partial charge in [-0.05, 0) is 43.0 Å². The molecule has 3 rings (SSSR count). The predicted octanol–water partition coefficient (Wildman–Crippen LogP) is 2.05. The molecule has 24 heavy (non-hydrogen) atoms. The Hall–Kier alpha value is -1.30. The number of carbonyl (C=O) groups is 1. The monoisotopic (exact) mass is 354 g/mol. The van der Waals surface area contributed by atoms with E-state index in [1.165, 1.54) is 6.42 Å². The van der Waals surface area contributed by atoms with Crippen LogP contribution in [0.25, 0.3) is 0 Å². The molecule has 2 fully saturated rings. The standard InChI is InChI=1S/C18H26N2O3.ClH/c1-23-15-7-4-5-13(9-15)16(21)11-20-17(22)18-8-3-2-6-14(18)10-19-12-18;/h4-5,7,9,14,16,19,21H,2-3,6,8,10-12H2,1H3,(H,20,22);1H/t14-,16?,18+;/m0./s1. The van der Waals surface area contributed by atoms with Crippen molar-refractivity contribution in [1.29, 1.82) is 0 Å². The Morgan fingerprint density at radius 2 is 2.33 bits per heavy atom. The molecule has 1 aromatic carbocycles. The van der Waals surface area contributed by atoms with E-state index < -0.39 is 6.10 Å². The molecule has 1 aromatic rings. The van der Waals surface area contributed by atoms with Crippen molar-refractivity contribution in [2.24, 2.45) is 11.3 Å². The normalized spacial score (nSPS) is 26.8. The molecule has 3 atom stereocenters. The van der Waals surface area contributed by atoms with Gasteiger partial charge in [0.1, 0.15) is 5.75 Å². The molecule has 1 heterocycles. The van der Waals surface area contributed by atoms with Crippen molar-refractivity contribution in [2.45, 2.75) is 31.8 Å². The summed E-state index contributed by atoms with van der Waals surface area (Å²) in [7, 11) is 1.60. The summed E-state index contributed by atoms with van der Waals surface area (Å²) >= 11 is 0. The number of aliphatic hydroxyl groups is 1. The van der Waals surface area contributed by atoms with E-state index in [2.05, 4.69) is 10.6 Å². The SMILES string of the molecule is COc1cccc(C(O)CNC(=O)[C@@]23CCCC[C@H]2CNC3)c1.Cl. The third-order valence-electron chi connectivity index (χ3n) is 5.42. The van der Waals surface area contributed by atoms with Crippen molar-refractivity contribution >= 4 is 18.3 Å². The molecular weight excluding hydrogens is 328 g/mol. The van der Waals surface area contributed by atoms with E-state index >= 15 is 0 Å². The first-order valence-corrected chi connectivity index (χ1v) is 8.47. The van der Waals surface area contributed by atoms with Crippen LogP contribution >= 0.6 is 12.4 Å². The fourth-order valence-electron chi connectivity index (χ4n) is 4.02. The molecule has 5 nitrogen and oxygen atoms in total. The summed E-state index contributed by atoms with van der Waals surface area (Å²) in [6.45, 7) is 1.94. The van der Waals surface area contributed by atoms with Crippen molar-refractivity contribution in [3.05, 3.63) is 29.8 Å². The van der Waals surface area contributed by atoms with Crippen LogP contribution in [-0.2, 0) is 4.79 Å². The zero-order chi connectivity index (χ0) is 16.3. The third kappa shape index (κ3) is 3.68. The second-order valence-corrected chi connectivity index (χ2v) is 6.73. The number of fused-ring (bicyclic) bond motifs is 1. The van der Waals surface area contributed by atoms with Gasteiger partial charge in [0.2, 0.25) is 5.91 Å². The lowest BCUT2D eigenvalue weighted by Gasteiger charge is -2.37. The van der Waals surface area contributed by atoms with E-state index in [1.807, 2.05) is 18.2 Å². The molecule has 0 bridgehead atoms. The van der Waals surface area contributed by atoms with E-state index in [4.69, 9.17) is 4.74 Å². The fourth-order valence-corrected chi connectivity index (χ4v) is 4.02. The minimum absolute atomic E-state index is 0. The second kappa shape index (κ2) is 8.19. The van der Waals surface area contributed by atoms with Crippen LogP contribution in [0.5, 0.6) is 5.75 Å². The van der Waals surface area contributed by atoms with Gasteiger partial charge in [0.15, 0.2) is 0 Å². The van der Waals surface area contributed by atoms with E-state index in [0.717, 1.165) is 37.9 Å². The maximum absolute atomic E-state index is 12.8. The van der Waals surface area contributed by atoms with Crippen LogP contribution in [0.15, 0.2) is 24.3 Å². The number of hydrogen-bond donors (Lipinski definition) is 3. The van der Waals surface area contributed by atoms with Crippen molar-refractivity contribution in [2.75, 3.05) is 26.7 Å². The van der Waals surface area contributed by atoms with Crippen LogP contribution in [0.2, 0.25) is 0 Å². The van der Waals surface area contributed by atoms with Crippen LogP contribution < -0.4 is 15.4 Å². The number of aliphatic hydroxyl groups excluding tert-OH is 1. The van der Waals surface area contributed by atoms with Crippen LogP contribution in [-0.4, -0.2) is 37.8 Å². The van der Waals surface area contributed by atoms with Crippen molar-refractivity contribution in [1.82, 2.24) is 10.6 Å². The highest BCUT2D eigenvalue weighted by molar-refractivity contribution is 5.85. The Bertz CT molecular complexity index is 569. The summed E-state index contributed by atoms with van der Waals surface area (Å²) in [4.78, 5) is 12.8. The number of benzene rings is 1. The Kier molecular flexibility index (Phi) is 6.49. The summed E-state index contributed by atoms with van der Waals surface area (Å²) in [5.74, 6) is 1.23. The van der Waals surface area contributed by atoms with Crippen LogP contribution in [0, 0.1) is 11.3 Å². The van der Waals surface area contributed by atoms with Gasteiger partial charge in [0, 0.05) is 13.1 Å². The van der Waals surface area contributed by atoms with Crippen LogP contribution in [0.3, 0.4) is 0 Å². The second-order valence-electron chi connectivity index (χ2n) is 6.73. The Morgan fingerprint density at radius 3 is 3.12 bits per heavy atom. The predicted molar refractivity (Wildman–Crippen MR) is 95.5 cm³/mol. The number of nitrogens with one attached hydrogen (secondary N) is 2. The number of methoxy groups -OCH3 is 1. The quantitative estimate of drug-likeness (QED) is 0.756. The molecule has 0 radical (unpaired) electrons. The van der Waals surface area contributed by atoms with Gasteiger partial charge in [0.05, 0.1) is 18.6 Å². The lowest BCUT2D eigenvalue weighted by Crippen LogP contribution is -2.48. The fraction of sp³-hybridized carbons (Fsp3) is 0.611. The lowest BCUT2D eigenvalue weighted by molar-refractivity contribution is -0.134. The van der Waals surface area contributed by atoms with E-state index in [1.54, 1.807) is 13.2 Å². The summed E-state index contributed by atoms with van der Waals surface area (Å²) in [6.07, 6.45) is 3.68. The highest BCUT2D eigenvalue weighted by Gasteiger charge is 2.49. The Labute approximate surface area is 149 Å². The smallest absolute Gasteiger partial charge is 0.227 e. The number of hydrogen-bond acceptors (Lipinski definition) is 4. The molecule has 1 unspecified atom stereocenters. The number of carbonyl (C=O) groups excluding carboxylic acids is 1. The number of rotatable bonds is 5. The zero-order valence-electron chi connectivity index (χ0n) is 14.1. The van der Waals surface area contributed by atoms with Gasteiger partial charge in [-0.2, -0.15) is 0 Å². The number of amides is 1. The molecule has 0 aromatic heterocycles. The first-order chi connectivity index (χ1) is 11.2. The van der Waals surface area contributed by atoms with E-state index in [0.29, 0.717) is 11.7 Å². The Balaban J connectivity index is 0.00000208. The third-order valence-corrected chi connectivity index (χ3v) is 5.42. The maximum atomic E-state index is 12.8. The van der Waals surface area contributed by atoms with Gasteiger partial charge >= 0.3 is 0 Å². The molecule has 2 aliphatic rings. The van der Waals surface area contributed by atoms with Crippen molar-refractivity contribution in [3.8, 4) is 5.75 Å². The average Bonchev–Trinajstić information content (AvgIpc) is 3.04. The van der Waals surface area contributed by atoms with Crippen LogP contribution in [0.1, 0.15) is 37.4 Å². The number of ether oxygens (including phenoxy) is 1. The average molecular weight is 355 g/mol. The van der Waals surface area contributed by atoms with Gasteiger partial charge in [-0.3, -0.25) is 4.79 Å². The highest BCUT2D eigenvalue weighted by atomic mass is 35.5. The molecule has 6 heteroatoms. The van der Waals surface area contributed by atoms with E-state index in [-0.39, 0.29) is 30.3 Å². The van der Waals surface area contributed by atoms with E-state index in [9.17, 15) is 9.90 Å². The molecular formula is C18H27ClN2O3. The summed E-state index contributed by atoms with van der Waals surface area (Å²) in [5.41, 5.74) is 0.485. The minimum Gasteiger partial charge on any atom is -0.497 e. The van der Waals surface area contributed by atoms with Gasteiger partial charge in [-0.15, -0.1) is 12.4 Å². The summed E-state index contributed by atoms with van der Waals surface area (Å²) in [6, 6.07) is 7.33. The van der Waals surface area contributed by atoms with Gasteiger partial charge in [-0.1, -0.05) is 25.0 Å². The summed E-state index contributed by atoms with van der Waals surface area (Å²) in [5, 5.41) is 16.7. The van der Waals surface area contributed by atoms with Crippen LogP contribution in [0.4, 0.5) is 0 Å². The molecule has 1 saturated carbocycles. The largest absolute Gasteiger partial charge is 0.497 e. The van der Waals surface area contributed by atoms with Gasteiger partial charge in [-0.25, -0.2) is 0 Å². The molecule has 1 aliphatic heterocycles. The zero-order valence-corrected chi connectivity index (χ0v) is 14.9. The summed E-state index contributed by atoms with van der Waals surface area (Å²) < 4.78 is 5.17. The molecule has 3 N–H and O–H groups in total. The number of halogens is 1. The maximum Gasteiger partial charge on any atom is 0.227 e. The molecule has 0 spiro atoms. The van der Waals surface area contributed by atoms with Crippen molar-refractivity contribution < 1.29 is 14.6 Å². The molecule has 1 amide bonds. The molecule has 1 aliphatic carbocycles. The first-order valence-electron chi connectivity index (χ1n) is 8.47. The Morgan fingerprint density at radius 1 is 1.50 bits per heavy atom. The van der Waals surface area contributed by atoms with Crippen molar-refractivity contribution in [3.63, 3.8) is 0 Å². The lowest BCUT2D eigenvalue weighted by atomic mass is 9.67. The first kappa shape index (κ1) is 19.0. The minimum atomic E-state index is -0.721. The highest BCUT2D eigenvalue weighted by Crippen LogP contribution is 2.43.